The Hall–Kier alpha value is -1.79. The van der Waals surface area contributed by atoms with Crippen molar-refractivity contribution in [1.29, 1.82) is 0 Å². The minimum absolute atomic E-state index is 0.218. The number of carbonyl (C=O) groups is 3. The van der Waals surface area contributed by atoms with Gasteiger partial charge in [-0.15, -0.1) is 0 Å². The normalized spacial score (nSPS) is 12.5. The lowest BCUT2D eigenvalue weighted by Crippen LogP contribution is -2.56. The first-order chi connectivity index (χ1) is 9.00. The van der Waals surface area contributed by atoms with Crippen molar-refractivity contribution in [1.82, 2.24) is 15.1 Å². The molecule has 0 rings (SSSR count). The van der Waals surface area contributed by atoms with Crippen LogP contribution in [0.3, 0.4) is 0 Å². The minimum atomic E-state index is -1.10. The van der Waals surface area contributed by atoms with Crippen LogP contribution >= 0.6 is 0 Å². The number of nitrogens with zero attached hydrogens (tertiary/aromatic N) is 2. The van der Waals surface area contributed by atoms with Crippen molar-refractivity contribution in [3.8, 4) is 0 Å². The van der Waals surface area contributed by atoms with Gasteiger partial charge in [0.1, 0.15) is 12.6 Å². The van der Waals surface area contributed by atoms with E-state index in [0.29, 0.717) is 6.54 Å². The van der Waals surface area contributed by atoms with Crippen molar-refractivity contribution in [3.63, 3.8) is 0 Å². The predicted octanol–water partition coefficient (Wildman–Crippen LogP) is 0.748. The van der Waals surface area contributed by atoms with E-state index in [1.165, 1.54) is 9.80 Å². The van der Waals surface area contributed by atoms with Crippen LogP contribution < -0.4 is 5.32 Å². The zero-order valence-electron chi connectivity index (χ0n) is 13.1. The first-order valence-electron chi connectivity index (χ1n) is 6.55. The summed E-state index contributed by atoms with van der Waals surface area (Å²) in [5, 5.41) is 11.4. The van der Waals surface area contributed by atoms with E-state index in [-0.39, 0.29) is 5.91 Å². The van der Waals surface area contributed by atoms with Crippen molar-refractivity contribution >= 4 is 17.9 Å². The monoisotopic (exact) mass is 287 g/mol. The highest BCUT2D eigenvalue weighted by molar-refractivity contribution is 5.88. The van der Waals surface area contributed by atoms with Gasteiger partial charge in [0.2, 0.25) is 5.91 Å². The van der Waals surface area contributed by atoms with Gasteiger partial charge in [-0.1, -0.05) is 0 Å². The van der Waals surface area contributed by atoms with E-state index in [1.54, 1.807) is 34.7 Å². The van der Waals surface area contributed by atoms with E-state index in [9.17, 15) is 14.4 Å². The Bertz CT molecular complexity index is 376. The van der Waals surface area contributed by atoms with E-state index < -0.39 is 30.1 Å². The molecule has 0 aromatic rings. The van der Waals surface area contributed by atoms with Gasteiger partial charge in [0.25, 0.3) is 0 Å². The summed E-state index contributed by atoms with van der Waals surface area (Å²) < 4.78 is 0. The molecule has 1 atom stereocenters. The lowest BCUT2D eigenvalue weighted by molar-refractivity contribution is -0.138. The number of carboxylic acid groups (broad SMARTS) is 1. The minimum Gasteiger partial charge on any atom is -0.480 e. The van der Waals surface area contributed by atoms with Gasteiger partial charge in [0.05, 0.1) is 0 Å². The summed E-state index contributed by atoms with van der Waals surface area (Å²) in [4.78, 5) is 37.5. The zero-order valence-corrected chi connectivity index (χ0v) is 13.1. The maximum Gasteiger partial charge on any atom is 0.323 e. The van der Waals surface area contributed by atoms with E-state index in [1.807, 2.05) is 6.92 Å². The number of urea groups is 1. The fraction of sp³-hybridized carbons (Fsp3) is 0.769. The highest BCUT2D eigenvalue weighted by atomic mass is 16.4. The standard InChI is InChI=1S/C13H25N3O4/c1-7-15(6)11(19)9(2)14-12(20)16(8-10(17)18)13(3,4)5/h9H,7-8H2,1-6H3,(H,14,20)(H,17,18). The molecule has 0 heterocycles. The van der Waals surface area contributed by atoms with Gasteiger partial charge in [-0.05, 0) is 34.6 Å². The molecule has 0 aliphatic carbocycles. The summed E-state index contributed by atoms with van der Waals surface area (Å²) in [7, 11) is 1.64. The topological polar surface area (TPSA) is 90.0 Å². The van der Waals surface area contributed by atoms with Crippen LogP contribution in [0.4, 0.5) is 4.79 Å². The van der Waals surface area contributed by atoms with Crippen LogP contribution in [0.25, 0.3) is 0 Å². The Kier molecular flexibility index (Phi) is 6.48. The molecule has 0 spiro atoms. The van der Waals surface area contributed by atoms with Crippen molar-refractivity contribution in [2.45, 2.75) is 46.2 Å². The third kappa shape index (κ3) is 5.46. The van der Waals surface area contributed by atoms with Crippen LogP contribution in [-0.2, 0) is 9.59 Å². The highest BCUT2D eigenvalue weighted by Gasteiger charge is 2.30. The summed E-state index contributed by atoms with van der Waals surface area (Å²) in [6.07, 6.45) is 0. The Balaban J connectivity index is 4.85. The quantitative estimate of drug-likeness (QED) is 0.780. The Morgan fingerprint density at radius 2 is 1.75 bits per heavy atom. The summed E-state index contributed by atoms with van der Waals surface area (Å²) in [5.74, 6) is -1.32. The van der Waals surface area contributed by atoms with Gasteiger partial charge in [-0.2, -0.15) is 0 Å². The highest BCUT2D eigenvalue weighted by Crippen LogP contribution is 2.13. The van der Waals surface area contributed by atoms with Gasteiger partial charge >= 0.3 is 12.0 Å². The van der Waals surface area contributed by atoms with Gasteiger partial charge in [-0.25, -0.2) is 4.79 Å². The second-order valence-corrected chi connectivity index (χ2v) is 5.67. The van der Waals surface area contributed by atoms with Crippen LogP contribution in [-0.4, -0.2) is 64.5 Å². The Morgan fingerprint density at radius 1 is 1.25 bits per heavy atom. The van der Waals surface area contributed by atoms with Gasteiger partial charge in [0.15, 0.2) is 0 Å². The summed E-state index contributed by atoms with van der Waals surface area (Å²) in [6, 6.07) is -1.27. The number of likely N-dealkylation sites (N-methyl/N-ethyl adjacent to an activating group) is 1. The third-order valence-corrected chi connectivity index (χ3v) is 2.91. The molecule has 0 bridgehead atoms. The second-order valence-electron chi connectivity index (χ2n) is 5.67. The summed E-state index contributed by atoms with van der Waals surface area (Å²) in [5.41, 5.74) is -0.651. The Labute approximate surface area is 119 Å². The number of hydrogen-bond acceptors (Lipinski definition) is 3. The van der Waals surface area contributed by atoms with E-state index in [4.69, 9.17) is 5.11 Å². The average molecular weight is 287 g/mol. The van der Waals surface area contributed by atoms with E-state index in [2.05, 4.69) is 5.32 Å². The molecule has 0 aliphatic heterocycles. The summed E-state index contributed by atoms with van der Waals surface area (Å²) >= 11 is 0. The van der Waals surface area contributed by atoms with Crippen LogP contribution in [0, 0.1) is 0 Å². The molecule has 0 aliphatic rings. The molecule has 0 radical (unpaired) electrons. The number of hydrogen-bond donors (Lipinski definition) is 2. The van der Waals surface area contributed by atoms with E-state index >= 15 is 0 Å². The molecule has 0 aromatic heterocycles. The van der Waals surface area contributed by atoms with Crippen LogP contribution in [0.15, 0.2) is 0 Å². The van der Waals surface area contributed by atoms with E-state index in [0.717, 1.165) is 0 Å². The molecular weight excluding hydrogens is 262 g/mol. The molecule has 2 N–H and O–H groups in total. The predicted molar refractivity (Wildman–Crippen MR) is 75.4 cm³/mol. The lowest BCUT2D eigenvalue weighted by atomic mass is 10.1. The maximum atomic E-state index is 12.1. The third-order valence-electron chi connectivity index (χ3n) is 2.91. The SMILES string of the molecule is CCN(C)C(=O)C(C)NC(=O)N(CC(=O)O)C(C)(C)C. The lowest BCUT2D eigenvalue weighted by Gasteiger charge is -2.35. The van der Waals surface area contributed by atoms with Crippen LogP contribution in [0.2, 0.25) is 0 Å². The molecule has 0 fully saturated rings. The molecule has 0 saturated carbocycles. The number of rotatable bonds is 5. The maximum absolute atomic E-state index is 12.1. The zero-order chi connectivity index (χ0) is 16.1. The smallest absolute Gasteiger partial charge is 0.323 e. The number of amides is 3. The van der Waals surface area contributed by atoms with Gasteiger partial charge in [0, 0.05) is 19.1 Å². The molecular formula is C13H25N3O4. The largest absolute Gasteiger partial charge is 0.480 e. The first-order valence-corrected chi connectivity index (χ1v) is 6.55. The molecule has 0 saturated heterocycles. The second kappa shape index (κ2) is 7.12. The molecule has 0 aromatic carbocycles. The van der Waals surface area contributed by atoms with Gasteiger partial charge in [-0.3, -0.25) is 9.59 Å². The fourth-order valence-corrected chi connectivity index (χ4v) is 1.56. The molecule has 116 valence electrons. The average Bonchev–Trinajstić information content (AvgIpc) is 2.32. The molecule has 7 heteroatoms. The summed E-state index contributed by atoms with van der Waals surface area (Å²) in [6.45, 7) is 8.74. The molecule has 1 unspecified atom stereocenters. The number of carbonyl (C=O) groups excluding carboxylic acids is 2. The van der Waals surface area contributed by atoms with Crippen LogP contribution in [0.5, 0.6) is 0 Å². The van der Waals surface area contributed by atoms with Crippen molar-refractivity contribution in [2.75, 3.05) is 20.1 Å². The van der Waals surface area contributed by atoms with Gasteiger partial charge < -0.3 is 20.2 Å². The van der Waals surface area contributed by atoms with Crippen molar-refractivity contribution in [3.05, 3.63) is 0 Å². The fourth-order valence-electron chi connectivity index (χ4n) is 1.56. The number of nitrogens with one attached hydrogen (secondary N) is 1. The first kappa shape index (κ1) is 18.2. The number of aliphatic carboxylic acids is 1. The number of carboxylic acids is 1. The van der Waals surface area contributed by atoms with Crippen molar-refractivity contribution < 1.29 is 19.5 Å². The molecule has 3 amide bonds. The molecule has 7 nitrogen and oxygen atoms in total. The van der Waals surface area contributed by atoms with Crippen molar-refractivity contribution in [2.24, 2.45) is 0 Å². The van der Waals surface area contributed by atoms with Crippen LogP contribution in [0.1, 0.15) is 34.6 Å². The molecule has 20 heavy (non-hydrogen) atoms. The Morgan fingerprint density at radius 3 is 2.10 bits per heavy atom.